The largest absolute Gasteiger partial charge is 0.319 e. The highest BCUT2D eigenvalue weighted by molar-refractivity contribution is 14.1. The van der Waals surface area contributed by atoms with E-state index in [1.807, 2.05) is 19.2 Å². The average molecular weight is 291 g/mol. The van der Waals surface area contributed by atoms with Gasteiger partial charge in [0.05, 0.1) is 4.43 Å². The molecule has 0 heterocycles. The smallest absolute Gasteiger partial charge is 0.236 e. The summed E-state index contributed by atoms with van der Waals surface area (Å²) in [7, 11) is 1.85. The molecule has 72 valence electrons. The van der Waals surface area contributed by atoms with Crippen molar-refractivity contribution in [3.05, 3.63) is 23.9 Å². The number of amides is 1. The predicted molar refractivity (Wildman–Crippen MR) is 62.7 cm³/mol. The van der Waals surface area contributed by atoms with E-state index in [0.29, 0.717) is 10.3 Å². The second kappa shape index (κ2) is 4.79. The maximum atomic E-state index is 11.4. The van der Waals surface area contributed by atoms with Crippen molar-refractivity contribution in [2.24, 2.45) is 5.92 Å². The highest BCUT2D eigenvalue weighted by Gasteiger charge is 2.14. The molecular weight excluding hydrogens is 277 g/mol. The van der Waals surface area contributed by atoms with E-state index in [2.05, 4.69) is 35.6 Å². The molecule has 0 aromatic heterocycles. The molecule has 0 spiro atoms. The molecule has 3 heteroatoms. The van der Waals surface area contributed by atoms with Crippen molar-refractivity contribution >= 4 is 28.5 Å². The number of rotatable bonds is 2. The summed E-state index contributed by atoms with van der Waals surface area (Å²) in [6.07, 6.45) is 7.17. The van der Waals surface area contributed by atoms with Gasteiger partial charge in [0.15, 0.2) is 0 Å². The molecule has 1 rings (SSSR count). The molecule has 1 amide bonds. The van der Waals surface area contributed by atoms with Crippen LogP contribution in [0, 0.1) is 5.92 Å². The maximum Gasteiger partial charge on any atom is 0.236 e. The van der Waals surface area contributed by atoms with Crippen LogP contribution >= 0.6 is 22.6 Å². The van der Waals surface area contributed by atoms with Crippen molar-refractivity contribution in [1.82, 2.24) is 4.90 Å². The summed E-state index contributed by atoms with van der Waals surface area (Å²) >= 11 is 2.09. The summed E-state index contributed by atoms with van der Waals surface area (Å²) in [4.78, 5) is 13.1. The van der Waals surface area contributed by atoms with Gasteiger partial charge in [0.1, 0.15) is 0 Å². The summed E-state index contributed by atoms with van der Waals surface area (Å²) in [6, 6.07) is 0. The van der Waals surface area contributed by atoms with Crippen molar-refractivity contribution in [3.8, 4) is 0 Å². The molecule has 0 saturated heterocycles. The van der Waals surface area contributed by atoms with Gasteiger partial charge in [-0.25, -0.2) is 0 Å². The molecule has 1 aliphatic rings. The van der Waals surface area contributed by atoms with Crippen LogP contribution in [0.3, 0.4) is 0 Å². The minimum atomic E-state index is 0.175. The normalized spacial score (nSPS) is 21.2. The van der Waals surface area contributed by atoms with Gasteiger partial charge in [0, 0.05) is 12.7 Å². The van der Waals surface area contributed by atoms with Gasteiger partial charge in [-0.1, -0.05) is 41.7 Å². The lowest BCUT2D eigenvalue weighted by Gasteiger charge is -2.23. The van der Waals surface area contributed by atoms with Gasteiger partial charge in [-0.15, -0.1) is 0 Å². The first-order chi connectivity index (χ1) is 6.15. The summed E-state index contributed by atoms with van der Waals surface area (Å²) in [5, 5.41) is 0. The molecule has 0 bridgehead atoms. The quantitative estimate of drug-likeness (QED) is 0.565. The Bertz CT molecular complexity index is 258. The summed E-state index contributed by atoms with van der Waals surface area (Å²) < 4.78 is 0.545. The lowest BCUT2D eigenvalue weighted by atomic mass is 10.00. The van der Waals surface area contributed by atoms with E-state index in [9.17, 15) is 4.79 Å². The Hall–Kier alpha value is -0.320. The van der Waals surface area contributed by atoms with E-state index in [0.717, 1.165) is 12.1 Å². The molecule has 0 aliphatic heterocycles. The number of carbonyl (C=O) groups is 1. The molecule has 1 atom stereocenters. The third-order valence-corrected chi connectivity index (χ3v) is 2.83. The molecule has 0 N–H and O–H groups in total. The second-order valence-electron chi connectivity index (χ2n) is 3.31. The second-order valence-corrected chi connectivity index (χ2v) is 4.07. The summed E-state index contributed by atoms with van der Waals surface area (Å²) in [5.74, 6) is 0.721. The number of hydrogen-bond donors (Lipinski definition) is 0. The minimum Gasteiger partial charge on any atom is -0.319 e. The molecule has 2 nitrogen and oxygen atoms in total. The molecule has 1 aliphatic carbocycles. The highest BCUT2D eigenvalue weighted by atomic mass is 127. The van der Waals surface area contributed by atoms with E-state index in [-0.39, 0.29) is 5.91 Å². The molecule has 13 heavy (non-hydrogen) atoms. The Morgan fingerprint density at radius 1 is 1.77 bits per heavy atom. The Labute approximate surface area is 92.8 Å². The lowest BCUT2D eigenvalue weighted by Crippen LogP contribution is -2.28. The van der Waals surface area contributed by atoms with Crippen molar-refractivity contribution in [1.29, 1.82) is 0 Å². The molecule has 1 unspecified atom stereocenters. The first-order valence-corrected chi connectivity index (χ1v) is 5.87. The molecule has 0 aromatic carbocycles. The SMILES string of the molecule is CC1C=CC=C(N(C)C(=O)CI)C1. The van der Waals surface area contributed by atoms with E-state index in [1.165, 1.54) is 0 Å². The molecule has 0 fully saturated rings. The number of nitrogens with zero attached hydrogens (tertiary/aromatic N) is 1. The maximum absolute atomic E-state index is 11.4. The van der Waals surface area contributed by atoms with Crippen LogP contribution in [0.15, 0.2) is 23.9 Å². The van der Waals surface area contributed by atoms with Gasteiger partial charge in [-0.05, 0) is 18.4 Å². The predicted octanol–water partition coefficient (Wildman–Crippen LogP) is 2.36. The monoisotopic (exact) mass is 291 g/mol. The third-order valence-electron chi connectivity index (χ3n) is 2.18. The van der Waals surface area contributed by atoms with Crippen molar-refractivity contribution in [3.63, 3.8) is 0 Å². The number of alkyl halides is 1. The van der Waals surface area contributed by atoms with E-state index in [1.54, 1.807) is 4.90 Å². The zero-order valence-electron chi connectivity index (χ0n) is 7.96. The van der Waals surface area contributed by atoms with Gasteiger partial charge < -0.3 is 4.90 Å². The Morgan fingerprint density at radius 2 is 2.46 bits per heavy atom. The third kappa shape index (κ3) is 2.83. The fraction of sp³-hybridized carbons (Fsp3) is 0.500. The molecular formula is C10H14INO. The van der Waals surface area contributed by atoms with Crippen LogP contribution in [0.25, 0.3) is 0 Å². The van der Waals surface area contributed by atoms with Crippen molar-refractivity contribution in [2.75, 3.05) is 11.5 Å². The van der Waals surface area contributed by atoms with E-state index < -0.39 is 0 Å². The average Bonchev–Trinajstić information content (AvgIpc) is 2.15. The van der Waals surface area contributed by atoms with Gasteiger partial charge in [0.25, 0.3) is 0 Å². The lowest BCUT2D eigenvalue weighted by molar-refractivity contribution is -0.125. The Balaban J connectivity index is 2.67. The standard InChI is InChI=1S/C10H14INO/c1-8-4-3-5-9(6-8)12(2)10(13)7-11/h3-5,8H,6-7H2,1-2H3. The number of halogens is 1. The number of carbonyl (C=O) groups excluding carboxylic acids is 1. The van der Waals surface area contributed by atoms with Crippen molar-refractivity contribution in [2.45, 2.75) is 13.3 Å². The molecule has 0 aromatic rings. The van der Waals surface area contributed by atoms with Crippen LogP contribution in [-0.4, -0.2) is 22.3 Å². The number of allylic oxidation sites excluding steroid dienone is 4. The van der Waals surface area contributed by atoms with Gasteiger partial charge in [-0.2, -0.15) is 0 Å². The molecule has 0 radical (unpaired) electrons. The van der Waals surface area contributed by atoms with Crippen LogP contribution in [0.1, 0.15) is 13.3 Å². The van der Waals surface area contributed by atoms with Crippen molar-refractivity contribution < 1.29 is 4.79 Å². The van der Waals surface area contributed by atoms with Crippen LogP contribution < -0.4 is 0 Å². The zero-order valence-corrected chi connectivity index (χ0v) is 10.1. The fourth-order valence-corrected chi connectivity index (χ4v) is 1.83. The first-order valence-electron chi connectivity index (χ1n) is 4.35. The minimum absolute atomic E-state index is 0.175. The van der Waals surface area contributed by atoms with Crippen LogP contribution in [0.4, 0.5) is 0 Å². The first kappa shape index (κ1) is 10.8. The van der Waals surface area contributed by atoms with Crippen LogP contribution in [0.2, 0.25) is 0 Å². The Morgan fingerprint density at radius 3 is 3.00 bits per heavy atom. The fourth-order valence-electron chi connectivity index (χ4n) is 1.32. The van der Waals surface area contributed by atoms with E-state index >= 15 is 0 Å². The number of hydrogen-bond acceptors (Lipinski definition) is 1. The van der Waals surface area contributed by atoms with Gasteiger partial charge >= 0.3 is 0 Å². The van der Waals surface area contributed by atoms with Crippen LogP contribution in [0.5, 0.6) is 0 Å². The highest BCUT2D eigenvalue weighted by Crippen LogP contribution is 2.20. The Kier molecular flexibility index (Phi) is 3.96. The zero-order chi connectivity index (χ0) is 9.84. The van der Waals surface area contributed by atoms with E-state index in [4.69, 9.17) is 0 Å². The topological polar surface area (TPSA) is 20.3 Å². The summed E-state index contributed by atoms with van der Waals surface area (Å²) in [5.41, 5.74) is 1.12. The molecule has 0 saturated carbocycles. The van der Waals surface area contributed by atoms with Crippen LogP contribution in [-0.2, 0) is 4.79 Å². The van der Waals surface area contributed by atoms with Gasteiger partial charge in [0.2, 0.25) is 5.91 Å². The van der Waals surface area contributed by atoms with Gasteiger partial charge in [-0.3, -0.25) is 4.79 Å². The summed E-state index contributed by atoms with van der Waals surface area (Å²) in [6.45, 7) is 2.16.